The summed E-state index contributed by atoms with van der Waals surface area (Å²) in [5, 5.41) is 4.81. The van der Waals surface area contributed by atoms with Crippen LogP contribution in [0.5, 0.6) is 17.2 Å². The van der Waals surface area contributed by atoms with E-state index in [-0.39, 0.29) is 11.2 Å². The molecule has 0 aliphatic carbocycles. The first kappa shape index (κ1) is 19.6. The lowest BCUT2D eigenvalue weighted by Crippen LogP contribution is -2.07. The molecule has 0 spiro atoms. The van der Waals surface area contributed by atoms with E-state index in [0.29, 0.717) is 34.8 Å². The molecule has 3 aromatic carbocycles. The van der Waals surface area contributed by atoms with Crippen molar-refractivity contribution in [3.8, 4) is 22.9 Å². The Morgan fingerprint density at radius 1 is 0.938 bits per heavy atom. The minimum Gasteiger partial charge on any atom is -0.489 e. The van der Waals surface area contributed by atoms with E-state index in [4.69, 9.17) is 13.9 Å². The molecule has 0 unspecified atom stereocenters. The quantitative estimate of drug-likeness (QED) is 0.352. The summed E-state index contributed by atoms with van der Waals surface area (Å²) in [6.07, 6.45) is 3.69. The summed E-state index contributed by atoms with van der Waals surface area (Å²) in [6, 6.07) is 24.2. The van der Waals surface area contributed by atoms with E-state index in [1.54, 1.807) is 48.1 Å². The van der Waals surface area contributed by atoms with Crippen molar-refractivity contribution >= 4 is 11.0 Å². The van der Waals surface area contributed by atoms with Crippen LogP contribution >= 0.6 is 0 Å². The second kappa shape index (κ2) is 8.43. The summed E-state index contributed by atoms with van der Waals surface area (Å²) < 4.78 is 19.4. The zero-order chi connectivity index (χ0) is 21.9. The van der Waals surface area contributed by atoms with Crippen molar-refractivity contribution < 1.29 is 13.9 Å². The highest BCUT2D eigenvalue weighted by molar-refractivity contribution is 5.79. The van der Waals surface area contributed by atoms with Gasteiger partial charge in [-0.25, -0.2) is 4.68 Å². The van der Waals surface area contributed by atoms with Gasteiger partial charge < -0.3 is 13.9 Å². The second-order valence-corrected chi connectivity index (χ2v) is 7.31. The van der Waals surface area contributed by atoms with Gasteiger partial charge in [-0.2, -0.15) is 5.10 Å². The average Bonchev–Trinajstić information content (AvgIpc) is 3.31. The van der Waals surface area contributed by atoms with Gasteiger partial charge in [0.2, 0.25) is 11.2 Å². The standard InChI is InChI=1S/C26H20N2O4/c1-18-26(32-21-10-6-3-7-11-21)25(29)23-13-12-22(14-24(23)31-18)30-17-19-15-27-28(16-19)20-8-4-2-5-9-20/h2-16H,17H2,1H3. The van der Waals surface area contributed by atoms with Crippen LogP contribution in [-0.2, 0) is 6.61 Å². The normalized spacial score (nSPS) is 10.9. The Labute approximate surface area is 184 Å². The van der Waals surface area contributed by atoms with Gasteiger partial charge in [0.25, 0.3) is 0 Å². The molecule has 0 bridgehead atoms. The van der Waals surface area contributed by atoms with Crippen LogP contribution < -0.4 is 14.9 Å². The van der Waals surface area contributed by atoms with E-state index in [1.165, 1.54) is 0 Å². The van der Waals surface area contributed by atoms with Crippen molar-refractivity contribution in [3.05, 3.63) is 113 Å². The molecule has 2 heterocycles. The topological polar surface area (TPSA) is 66.5 Å². The molecule has 32 heavy (non-hydrogen) atoms. The molecule has 6 nitrogen and oxygen atoms in total. The Morgan fingerprint density at radius 3 is 2.47 bits per heavy atom. The van der Waals surface area contributed by atoms with Gasteiger partial charge in [-0.05, 0) is 43.3 Å². The van der Waals surface area contributed by atoms with Gasteiger partial charge in [0.1, 0.15) is 29.4 Å². The van der Waals surface area contributed by atoms with Crippen LogP contribution in [0.2, 0.25) is 0 Å². The summed E-state index contributed by atoms with van der Waals surface area (Å²) in [6.45, 7) is 2.06. The lowest BCUT2D eigenvalue weighted by molar-refractivity contribution is 0.306. The van der Waals surface area contributed by atoms with Crippen LogP contribution in [0.15, 0.2) is 100 Å². The van der Waals surface area contributed by atoms with E-state index in [2.05, 4.69) is 5.10 Å². The van der Waals surface area contributed by atoms with Crippen LogP contribution in [0.3, 0.4) is 0 Å². The summed E-state index contributed by atoms with van der Waals surface area (Å²) in [5.41, 5.74) is 2.14. The Hall–Kier alpha value is -4.32. The number of ether oxygens (including phenoxy) is 2. The van der Waals surface area contributed by atoms with E-state index < -0.39 is 0 Å². The monoisotopic (exact) mass is 424 g/mol. The fourth-order valence-corrected chi connectivity index (χ4v) is 3.41. The largest absolute Gasteiger partial charge is 0.489 e. The third-order valence-corrected chi connectivity index (χ3v) is 5.01. The molecule has 0 aliphatic heterocycles. The maximum Gasteiger partial charge on any atom is 0.235 e. The Kier molecular flexibility index (Phi) is 5.17. The molecule has 6 heteroatoms. The Bertz CT molecular complexity index is 1420. The highest BCUT2D eigenvalue weighted by atomic mass is 16.5. The number of rotatable bonds is 6. The van der Waals surface area contributed by atoms with Gasteiger partial charge in [0.15, 0.2) is 0 Å². The summed E-state index contributed by atoms with van der Waals surface area (Å²) >= 11 is 0. The fourth-order valence-electron chi connectivity index (χ4n) is 3.41. The smallest absolute Gasteiger partial charge is 0.235 e. The van der Waals surface area contributed by atoms with E-state index in [9.17, 15) is 4.79 Å². The van der Waals surface area contributed by atoms with Crippen molar-refractivity contribution in [1.29, 1.82) is 0 Å². The lowest BCUT2D eigenvalue weighted by atomic mass is 10.2. The van der Waals surface area contributed by atoms with Crippen molar-refractivity contribution in [1.82, 2.24) is 9.78 Å². The molecular formula is C26H20N2O4. The number of benzene rings is 3. The lowest BCUT2D eigenvalue weighted by Gasteiger charge is -2.10. The predicted octanol–water partition coefficient (Wildman–Crippen LogP) is 5.66. The van der Waals surface area contributed by atoms with E-state index in [1.807, 2.05) is 54.7 Å². The van der Waals surface area contributed by atoms with Crippen LogP contribution in [0.25, 0.3) is 16.7 Å². The van der Waals surface area contributed by atoms with E-state index >= 15 is 0 Å². The average molecular weight is 424 g/mol. The molecule has 0 fully saturated rings. The number of nitrogens with zero attached hydrogens (tertiary/aromatic N) is 2. The molecule has 5 aromatic rings. The molecule has 0 atom stereocenters. The molecule has 0 amide bonds. The molecule has 0 saturated carbocycles. The third kappa shape index (κ3) is 3.98. The molecule has 0 radical (unpaired) electrons. The number of hydrogen-bond acceptors (Lipinski definition) is 5. The van der Waals surface area contributed by atoms with Gasteiger partial charge in [0.05, 0.1) is 17.3 Å². The molecule has 158 valence electrons. The van der Waals surface area contributed by atoms with Crippen LogP contribution in [0, 0.1) is 6.92 Å². The summed E-state index contributed by atoms with van der Waals surface area (Å²) in [7, 11) is 0. The van der Waals surface area contributed by atoms with Gasteiger partial charge in [-0.3, -0.25) is 4.79 Å². The predicted molar refractivity (Wildman–Crippen MR) is 122 cm³/mol. The fraction of sp³-hybridized carbons (Fsp3) is 0.0769. The van der Waals surface area contributed by atoms with Gasteiger partial charge in [0, 0.05) is 17.8 Å². The first-order chi connectivity index (χ1) is 15.7. The number of fused-ring (bicyclic) bond motifs is 1. The SMILES string of the molecule is Cc1oc2cc(OCc3cnn(-c4ccccc4)c3)ccc2c(=O)c1Oc1ccccc1. The van der Waals surface area contributed by atoms with Crippen LogP contribution in [0.1, 0.15) is 11.3 Å². The highest BCUT2D eigenvalue weighted by Gasteiger charge is 2.14. The van der Waals surface area contributed by atoms with Gasteiger partial charge >= 0.3 is 0 Å². The maximum atomic E-state index is 12.9. The first-order valence-electron chi connectivity index (χ1n) is 10.2. The summed E-state index contributed by atoms with van der Waals surface area (Å²) in [4.78, 5) is 12.9. The molecular weight excluding hydrogens is 404 g/mol. The van der Waals surface area contributed by atoms with Crippen molar-refractivity contribution in [3.63, 3.8) is 0 Å². The van der Waals surface area contributed by atoms with Crippen molar-refractivity contribution in [2.24, 2.45) is 0 Å². The molecule has 5 rings (SSSR count). The third-order valence-electron chi connectivity index (χ3n) is 5.01. The second-order valence-electron chi connectivity index (χ2n) is 7.31. The molecule has 2 aromatic heterocycles. The van der Waals surface area contributed by atoms with Crippen LogP contribution in [-0.4, -0.2) is 9.78 Å². The summed E-state index contributed by atoms with van der Waals surface area (Å²) in [5.74, 6) is 1.78. The number of para-hydroxylation sites is 2. The van der Waals surface area contributed by atoms with Gasteiger partial charge in [-0.15, -0.1) is 0 Å². The molecule has 0 aliphatic rings. The number of aromatic nitrogens is 2. The highest BCUT2D eigenvalue weighted by Crippen LogP contribution is 2.27. The zero-order valence-corrected chi connectivity index (χ0v) is 17.4. The van der Waals surface area contributed by atoms with Crippen molar-refractivity contribution in [2.75, 3.05) is 0 Å². The van der Waals surface area contributed by atoms with Crippen LogP contribution in [0.4, 0.5) is 0 Å². The number of hydrogen-bond donors (Lipinski definition) is 0. The molecule has 0 saturated heterocycles. The minimum absolute atomic E-state index is 0.186. The zero-order valence-electron chi connectivity index (χ0n) is 17.4. The van der Waals surface area contributed by atoms with Gasteiger partial charge in [-0.1, -0.05) is 36.4 Å². The Morgan fingerprint density at radius 2 is 1.69 bits per heavy atom. The molecule has 0 N–H and O–H groups in total. The van der Waals surface area contributed by atoms with Crippen molar-refractivity contribution in [2.45, 2.75) is 13.5 Å². The first-order valence-corrected chi connectivity index (χ1v) is 10.2. The van der Waals surface area contributed by atoms with E-state index in [0.717, 1.165) is 11.3 Å². The number of aryl methyl sites for hydroxylation is 1. The maximum absolute atomic E-state index is 12.9. The minimum atomic E-state index is -0.219. The Balaban J connectivity index is 1.35.